The first-order valence-corrected chi connectivity index (χ1v) is 8.45. The third-order valence-corrected chi connectivity index (χ3v) is 5.08. The minimum Gasteiger partial charge on any atom is -0.448 e. The first kappa shape index (κ1) is 17.4. The molecule has 126 valence electrons. The van der Waals surface area contributed by atoms with Crippen molar-refractivity contribution < 1.29 is 19.2 Å². The van der Waals surface area contributed by atoms with Gasteiger partial charge in [0.15, 0.2) is 6.10 Å². The molecular weight excluding hydrogens is 320 g/mol. The molecule has 0 aliphatic heterocycles. The molecule has 1 aromatic heterocycles. The fourth-order valence-electron chi connectivity index (χ4n) is 2.64. The summed E-state index contributed by atoms with van der Waals surface area (Å²) in [6, 6.07) is 2.69. The normalized spacial score (nSPS) is 22.2. The second-order valence-corrected chi connectivity index (χ2v) is 6.88. The fraction of sp³-hybridized carbons (Fsp3) is 0.600. The van der Waals surface area contributed by atoms with Gasteiger partial charge in [-0.05, 0) is 31.7 Å². The van der Waals surface area contributed by atoms with Crippen LogP contribution in [0.3, 0.4) is 0 Å². The molecule has 1 heterocycles. The minimum atomic E-state index is -0.933. The van der Waals surface area contributed by atoms with E-state index in [0.29, 0.717) is 5.92 Å². The van der Waals surface area contributed by atoms with Crippen molar-refractivity contribution in [2.45, 2.75) is 51.7 Å². The highest BCUT2D eigenvalue weighted by Crippen LogP contribution is 2.25. The van der Waals surface area contributed by atoms with Crippen LogP contribution in [-0.4, -0.2) is 28.9 Å². The van der Waals surface area contributed by atoms with Crippen molar-refractivity contribution >= 4 is 28.2 Å². The van der Waals surface area contributed by atoms with E-state index in [1.807, 2.05) is 0 Å². The monoisotopic (exact) mass is 340 g/mol. The molecule has 0 bridgehead atoms. The van der Waals surface area contributed by atoms with E-state index < -0.39 is 17.0 Å². The Bertz CT molecular complexity index is 600. The van der Waals surface area contributed by atoms with E-state index in [0.717, 1.165) is 30.6 Å². The number of nitrogens with zero attached hydrogens (tertiary/aromatic N) is 1. The smallest absolute Gasteiger partial charge is 0.349 e. The summed E-state index contributed by atoms with van der Waals surface area (Å²) in [5.41, 5.74) is 0. The van der Waals surface area contributed by atoms with Gasteiger partial charge in [0, 0.05) is 12.1 Å². The average molecular weight is 340 g/mol. The van der Waals surface area contributed by atoms with E-state index in [1.165, 1.54) is 25.5 Å². The Labute approximate surface area is 138 Å². The van der Waals surface area contributed by atoms with Crippen molar-refractivity contribution in [3.8, 4) is 0 Å². The highest BCUT2D eigenvalue weighted by molar-refractivity contribution is 7.17. The van der Waals surface area contributed by atoms with Crippen LogP contribution in [0.4, 0.5) is 5.00 Å². The number of carbonyl (C=O) groups excluding carboxylic acids is 2. The van der Waals surface area contributed by atoms with Crippen LogP contribution in [0.5, 0.6) is 0 Å². The van der Waals surface area contributed by atoms with Gasteiger partial charge < -0.3 is 10.1 Å². The quantitative estimate of drug-likeness (QED) is 0.505. The minimum absolute atomic E-state index is 0.111. The molecule has 0 unspecified atom stereocenters. The lowest BCUT2D eigenvalue weighted by Crippen LogP contribution is -2.45. The van der Waals surface area contributed by atoms with Crippen LogP contribution in [0.1, 0.15) is 49.2 Å². The van der Waals surface area contributed by atoms with Crippen LogP contribution in [0, 0.1) is 16.0 Å². The standard InChI is InChI=1S/C15H20N2O5S/c1-9-5-3-4-6-11(9)16-14(18)10(2)22-15(19)12-7-8-13(23-12)17(20)21/h7-11H,3-6H2,1-2H3,(H,16,18)/t9-,10-,11-/m1/s1. The molecule has 0 saturated heterocycles. The molecule has 0 spiro atoms. The molecule has 3 atom stereocenters. The zero-order valence-corrected chi connectivity index (χ0v) is 13.9. The van der Waals surface area contributed by atoms with Gasteiger partial charge in [0.05, 0.1) is 4.92 Å². The maximum Gasteiger partial charge on any atom is 0.349 e. The molecule has 1 saturated carbocycles. The summed E-state index contributed by atoms with van der Waals surface area (Å²) in [6.07, 6.45) is 3.35. The lowest BCUT2D eigenvalue weighted by molar-refractivity contribution is -0.380. The van der Waals surface area contributed by atoms with Crippen molar-refractivity contribution in [1.29, 1.82) is 0 Å². The molecule has 8 heteroatoms. The lowest BCUT2D eigenvalue weighted by atomic mass is 9.86. The Balaban J connectivity index is 1.89. The van der Waals surface area contributed by atoms with Crippen LogP contribution < -0.4 is 5.32 Å². The third-order valence-electron chi connectivity index (χ3n) is 4.07. The van der Waals surface area contributed by atoms with Gasteiger partial charge in [-0.25, -0.2) is 4.79 Å². The molecule has 1 aliphatic carbocycles. The largest absolute Gasteiger partial charge is 0.448 e. The zero-order valence-electron chi connectivity index (χ0n) is 13.1. The van der Waals surface area contributed by atoms with Crippen molar-refractivity contribution in [3.63, 3.8) is 0 Å². The Morgan fingerprint density at radius 2 is 2.09 bits per heavy atom. The summed E-state index contributed by atoms with van der Waals surface area (Å²) >= 11 is 0.734. The van der Waals surface area contributed by atoms with E-state index in [1.54, 1.807) is 0 Å². The molecule has 0 radical (unpaired) electrons. The van der Waals surface area contributed by atoms with Gasteiger partial charge in [0.2, 0.25) is 0 Å². The number of nitro groups is 1. The van der Waals surface area contributed by atoms with Crippen LogP contribution in [0.15, 0.2) is 12.1 Å². The molecule has 23 heavy (non-hydrogen) atoms. The SMILES string of the molecule is C[C@@H]1CCCC[C@H]1NC(=O)[C@@H](C)OC(=O)c1ccc([N+](=O)[O-])s1. The van der Waals surface area contributed by atoms with Crippen molar-refractivity contribution in [1.82, 2.24) is 5.32 Å². The van der Waals surface area contributed by atoms with Crippen LogP contribution in [0.2, 0.25) is 0 Å². The van der Waals surface area contributed by atoms with Gasteiger partial charge in [0.1, 0.15) is 4.88 Å². The number of thiophene rings is 1. The first-order chi connectivity index (χ1) is 10.9. The summed E-state index contributed by atoms with van der Waals surface area (Å²) in [7, 11) is 0. The Morgan fingerprint density at radius 1 is 1.39 bits per heavy atom. The number of hydrogen-bond donors (Lipinski definition) is 1. The first-order valence-electron chi connectivity index (χ1n) is 7.64. The molecule has 0 aromatic carbocycles. The summed E-state index contributed by atoms with van der Waals surface area (Å²) in [4.78, 5) is 34.2. The average Bonchev–Trinajstić information content (AvgIpc) is 2.99. The molecular formula is C15H20N2O5S. The fourth-order valence-corrected chi connectivity index (χ4v) is 3.34. The molecule has 2 rings (SSSR count). The highest BCUT2D eigenvalue weighted by atomic mass is 32.1. The topological polar surface area (TPSA) is 98.5 Å². The van der Waals surface area contributed by atoms with E-state index in [4.69, 9.17) is 4.74 Å². The number of rotatable bonds is 5. The Hall–Kier alpha value is -1.96. The highest BCUT2D eigenvalue weighted by Gasteiger charge is 2.27. The van der Waals surface area contributed by atoms with Gasteiger partial charge in [-0.2, -0.15) is 0 Å². The van der Waals surface area contributed by atoms with E-state index in [2.05, 4.69) is 12.2 Å². The summed E-state index contributed by atoms with van der Waals surface area (Å²) in [6.45, 7) is 3.61. The number of nitrogens with one attached hydrogen (secondary N) is 1. The number of amides is 1. The zero-order chi connectivity index (χ0) is 17.0. The van der Waals surface area contributed by atoms with Gasteiger partial charge in [-0.1, -0.05) is 31.1 Å². The van der Waals surface area contributed by atoms with Gasteiger partial charge in [0.25, 0.3) is 5.91 Å². The maximum absolute atomic E-state index is 12.1. The maximum atomic E-state index is 12.1. The van der Waals surface area contributed by atoms with Crippen LogP contribution >= 0.6 is 11.3 Å². The van der Waals surface area contributed by atoms with Gasteiger partial charge in [-0.3, -0.25) is 14.9 Å². The molecule has 1 N–H and O–H groups in total. The van der Waals surface area contributed by atoms with Crippen molar-refractivity contribution in [2.24, 2.45) is 5.92 Å². The van der Waals surface area contributed by atoms with Crippen molar-refractivity contribution in [3.05, 3.63) is 27.1 Å². The molecule has 7 nitrogen and oxygen atoms in total. The number of hydrogen-bond acceptors (Lipinski definition) is 6. The summed E-state index contributed by atoms with van der Waals surface area (Å²) in [5.74, 6) is -0.638. The van der Waals surface area contributed by atoms with Crippen LogP contribution in [-0.2, 0) is 9.53 Å². The summed E-state index contributed by atoms with van der Waals surface area (Å²) in [5, 5.41) is 13.4. The second kappa shape index (κ2) is 7.54. The number of ether oxygens (including phenoxy) is 1. The number of carbonyl (C=O) groups is 2. The predicted octanol–water partition coefficient (Wildman–Crippen LogP) is 2.90. The van der Waals surface area contributed by atoms with E-state index in [-0.39, 0.29) is 21.8 Å². The van der Waals surface area contributed by atoms with Gasteiger partial charge in [-0.15, -0.1) is 0 Å². The second-order valence-electron chi connectivity index (χ2n) is 5.82. The van der Waals surface area contributed by atoms with E-state index in [9.17, 15) is 19.7 Å². The molecule has 1 fully saturated rings. The van der Waals surface area contributed by atoms with Crippen molar-refractivity contribution in [2.75, 3.05) is 0 Å². The Morgan fingerprint density at radius 3 is 2.70 bits per heavy atom. The molecule has 1 amide bonds. The van der Waals surface area contributed by atoms with Gasteiger partial charge >= 0.3 is 11.0 Å². The lowest BCUT2D eigenvalue weighted by Gasteiger charge is -2.30. The molecule has 1 aliphatic rings. The van der Waals surface area contributed by atoms with Crippen LogP contribution in [0.25, 0.3) is 0 Å². The number of esters is 1. The van der Waals surface area contributed by atoms with E-state index >= 15 is 0 Å². The third kappa shape index (κ3) is 4.51. The molecule has 1 aromatic rings. The predicted molar refractivity (Wildman–Crippen MR) is 85.4 cm³/mol. The Kier molecular flexibility index (Phi) is 5.70. The summed E-state index contributed by atoms with van der Waals surface area (Å²) < 4.78 is 5.10.